The topological polar surface area (TPSA) is 30.7 Å². The van der Waals surface area contributed by atoms with Crippen molar-refractivity contribution in [2.45, 2.75) is 0 Å². The monoisotopic (exact) mass is 599 g/mol. The molecule has 3 heteroatoms. The van der Waals surface area contributed by atoms with Crippen LogP contribution in [-0.4, -0.2) is 14.5 Å². The zero-order chi connectivity index (χ0) is 31.2. The van der Waals surface area contributed by atoms with Gasteiger partial charge in [0.1, 0.15) is 5.69 Å². The van der Waals surface area contributed by atoms with Gasteiger partial charge < -0.3 is 0 Å². The van der Waals surface area contributed by atoms with E-state index in [0.29, 0.717) is 0 Å². The van der Waals surface area contributed by atoms with Crippen LogP contribution >= 0.6 is 0 Å². The molecular weight excluding hydrogens is 571 g/mol. The third kappa shape index (κ3) is 4.60. The van der Waals surface area contributed by atoms with Gasteiger partial charge in [-0.2, -0.15) is 0 Å². The van der Waals surface area contributed by atoms with Crippen LogP contribution in [0.1, 0.15) is 0 Å². The van der Waals surface area contributed by atoms with Gasteiger partial charge in [0, 0.05) is 11.9 Å². The molecule has 47 heavy (non-hydrogen) atoms. The SMILES string of the molecule is c1ccc(-c2c3ccccc3c(-c3ccccc3)c3cc(-c4ccc(-n5c(-c6ccccn6)nc6ccccc65)cc4)ccc23)cc1. The Hall–Kier alpha value is -6.32. The molecule has 0 amide bonds. The molecule has 2 heterocycles. The second-order valence-electron chi connectivity index (χ2n) is 11.8. The van der Waals surface area contributed by atoms with Crippen LogP contribution in [0.15, 0.2) is 176 Å². The maximum absolute atomic E-state index is 4.97. The summed E-state index contributed by atoms with van der Waals surface area (Å²) in [6, 6.07) is 60.3. The molecule has 9 aromatic rings. The predicted octanol–water partition coefficient (Wildman–Crippen LogP) is 11.4. The Labute approximate surface area is 273 Å². The van der Waals surface area contributed by atoms with E-state index in [2.05, 4.69) is 155 Å². The smallest absolute Gasteiger partial charge is 0.164 e. The van der Waals surface area contributed by atoms with Crippen molar-refractivity contribution in [3.8, 4) is 50.6 Å². The minimum absolute atomic E-state index is 0.832. The van der Waals surface area contributed by atoms with E-state index >= 15 is 0 Å². The van der Waals surface area contributed by atoms with Crippen molar-refractivity contribution >= 4 is 32.6 Å². The number of nitrogens with zero attached hydrogens (tertiary/aromatic N) is 3. The van der Waals surface area contributed by atoms with E-state index in [1.54, 1.807) is 0 Å². The summed E-state index contributed by atoms with van der Waals surface area (Å²) < 4.78 is 2.20. The third-order valence-electron chi connectivity index (χ3n) is 9.06. The molecule has 7 aromatic carbocycles. The number of aromatic nitrogens is 3. The zero-order valence-electron chi connectivity index (χ0n) is 25.6. The molecule has 2 aromatic heterocycles. The second kappa shape index (κ2) is 11.2. The summed E-state index contributed by atoms with van der Waals surface area (Å²) in [6.07, 6.45) is 1.82. The van der Waals surface area contributed by atoms with Gasteiger partial charge in [-0.25, -0.2) is 4.98 Å². The van der Waals surface area contributed by atoms with Crippen LogP contribution in [0.4, 0.5) is 0 Å². The number of para-hydroxylation sites is 2. The average Bonchev–Trinajstić information content (AvgIpc) is 3.54. The van der Waals surface area contributed by atoms with Crippen LogP contribution in [0.3, 0.4) is 0 Å². The van der Waals surface area contributed by atoms with Crippen molar-refractivity contribution in [2.75, 3.05) is 0 Å². The van der Waals surface area contributed by atoms with E-state index in [1.807, 2.05) is 30.5 Å². The van der Waals surface area contributed by atoms with Crippen molar-refractivity contribution in [1.29, 1.82) is 0 Å². The Balaban J connectivity index is 1.24. The lowest BCUT2D eigenvalue weighted by molar-refractivity contribution is 1.08. The fourth-order valence-electron chi connectivity index (χ4n) is 6.95. The molecule has 0 saturated carbocycles. The van der Waals surface area contributed by atoms with Gasteiger partial charge >= 0.3 is 0 Å². The predicted molar refractivity (Wildman–Crippen MR) is 196 cm³/mol. The van der Waals surface area contributed by atoms with Gasteiger partial charge in [0.2, 0.25) is 0 Å². The summed E-state index contributed by atoms with van der Waals surface area (Å²) >= 11 is 0. The van der Waals surface area contributed by atoms with Gasteiger partial charge in [-0.05, 0) is 97.4 Å². The Bertz CT molecular complexity index is 2530. The minimum atomic E-state index is 0.832. The van der Waals surface area contributed by atoms with Gasteiger partial charge in [-0.15, -0.1) is 0 Å². The molecule has 0 saturated heterocycles. The first kappa shape index (κ1) is 27.0. The highest BCUT2D eigenvalue weighted by molar-refractivity contribution is 6.21. The van der Waals surface area contributed by atoms with Crippen molar-refractivity contribution < 1.29 is 0 Å². The van der Waals surface area contributed by atoms with Crippen LogP contribution in [0.5, 0.6) is 0 Å². The standard InChI is InChI=1S/C44H29N3/c1-3-13-31(14-4-1)42-35-17-7-8-18-36(35)43(32-15-5-2-6-16-32)38-29-33(24-27-37(38)42)30-22-25-34(26-23-30)47-41-21-10-9-19-39(41)46-44(47)40-20-11-12-28-45-40/h1-29H. The van der Waals surface area contributed by atoms with Crippen LogP contribution in [0, 0.1) is 0 Å². The number of fused-ring (bicyclic) bond motifs is 3. The summed E-state index contributed by atoms with van der Waals surface area (Å²) in [5.41, 5.74) is 11.2. The second-order valence-corrected chi connectivity index (χ2v) is 11.8. The maximum atomic E-state index is 4.97. The van der Waals surface area contributed by atoms with E-state index in [4.69, 9.17) is 4.98 Å². The van der Waals surface area contributed by atoms with E-state index in [1.165, 1.54) is 49.4 Å². The van der Waals surface area contributed by atoms with Gasteiger partial charge in [0.25, 0.3) is 0 Å². The molecule has 0 radical (unpaired) electrons. The highest BCUT2D eigenvalue weighted by Gasteiger charge is 2.18. The molecule has 0 aliphatic carbocycles. The first-order valence-corrected chi connectivity index (χ1v) is 15.9. The fourth-order valence-corrected chi connectivity index (χ4v) is 6.95. The fraction of sp³-hybridized carbons (Fsp3) is 0. The van der Waals surface area contributed by atoms with Crippen molar-refractivity contribution in [1.82, 2.24) is 14.5 Å². The average molecular weight is 600 g/mol. The molecular formula is C44H29N3. The van der Waals surface area contributed by atoms with Crippen LogP contribution in [-0.2, 0) is 0 Å². The van der Waals surface area contributed by atoms with Gasteiger partial charge in [-0.3, -0.25) is 9.55 Å². The number of imidazole rings is 1. The number of hydrogen-bond acceptors (Lipinski definition) is 2. The van der Waals surface area contributed by atoms with E-state index < -0.39 is 0 Å². The molecule has 0 unspecified atom stereocenters. The number of benzene rings is 7. The molecule has 220 valence electrons. The van der Waals surface area contributed by atoms with E-state index in [-0.39, 0.29) is 0 Å². The number of rotatable bonds is 5. The first-order valence-electron chi connectivity index (χ1n) is 15.9. The molecule has 0 bridgehead atoms. The van der Waals surface area contributed by atoms with E-state index in [9.17, 15) is 0 Å². The number of pyridine rings is 1. The number of hydrogen-bond donors (Lipinski definition) is 0. The van der Waals surface area contributed by atoms with Gasteiger partial charge in [-0.1, -0.05) is 127 Å². The van der Waals surface area contributed by atoms with Crippen LogP contribution < -0.4 is 0 Å². The van der Waals surface area contributed by atoms with Gasteiger partial charge in [0.15, 0.2) is 5.82 Å². The van der Waals surface area contributed by atoms with Crippen molar-refractivity contribution in [3.05, 3.63) is 176 Å². The minimum Gasteiger partial charge on any atom is -0.291 e. The molecule has 9 rings (SSSR count). The van der Waals surface area contributed by atoms with Crippen molar-refractivity contribution in [3.63, 3.8) is 0 Å². The van der Waals surface area contributed by atoms with Crippen LogP contribution in [0.25, 0.3) is 83.2 Å². The maximum Gasteiger partial charge on any atom is 0.164 e. The van der Waals surface area contributed by atoms with E-state index in [0.717, 1.165) is 33.8 Å². The van der Waals surface area contributed by atoms with Gasteiger partial charge in [0.05, 0.1) is 11.0 Å². The highest BCUT2D eigenvalue weighted by atomic mass is 15.1. The molecule has 0 aliphatic rings. The molecule has 0 N–H and O–H groups in total. The Morgan fingerprint density at radius 3 is 1.66 bits per heavy atom. The molecule has 0 fully saturated rings. The lowest BCUT2D eigenvalue weighted by Crippen LogP contribution is -1.98. The third-order valence-corrected chi connectivity index (χ3v) is 9.06. The Kier molecular flexibility index (Phi) is 6.46. The highest BCUT2D eigenvalue weighted by Crippen LogP contribution is 2.44. The quantitative estimate of drug-likeness (QED) is 0.184. The largest absolute Gasteiger partial charge is 0.291 e. The normalized spacial score (nSPS) is 11.4. The molecule has 0 atom stereocenters. The first-order chi connectivity index (χ1) is 23.3. The molecule has 3 nitrogen and oxygen atoms in total. The Morgan fingerprint density at radius 2 is 0.979 bits per heavy atom. The molecule has 0 spiro atoms. The van der Waals surface area contributed by atoms with Crippen LogP contribution in [0.2, 0.25) is 0 Å². The summed E-state index contributed by atoms with van der Waals surface area (Å²) in [4.78, 5) is 9.60. The Morgan fingerprint density at radius 1 is 0.404 bits per heavy atom. The summed E-state index contributed by atoms with van der Waals surface area (Å²) in [5, 5.41) is 5.01. The summed E-state index contributed by atoms with van der Waals surface area (Å²) in [6.45, 7) is 0. The zero-order valence-corrected chi connectivity index (χ0v) is 25.6. The summed E-state index contributed by atoms with van der Waals surface area (Å²) in [7, 11) is 0. The van der Waals surface area contributed by atoms with Crippen molar-refractivity contribution in [2.24, 2.45) is 0 Å². The lowest BCUT2D eigenvalue weighted by Gasteiger charge is -2.19. The molecule has 0 aliphatic heterocycles. The summed E-state index contributed by atoms with van der Waals surface area (Å²) in [5.74, 6) is 0.832. The lowest BCUT2D eigenvalue weighted by atomic mass is 9.85.